The van der Waals surface area contributed by atoms with Gasteiger partial charge in [-0.05, 0) is 57.3 Å². The van der Waals surface area contributed by atoms with E-state index in [2.05, 4.69) is 5.32 Å². The van der Waals surface area contributed by atoms with Gasteiger partial charge in [-0.3, -0.25) is 14.4 Å². The molecule has 3 aliphatic rings. The SMILES string of the molecule is C[C@@H](CNC(=O)CC1CCCCC1)OC(=O)C1CCN(C(=O)CC2CCCCC2)CC1. The van der Waals surface area contributed by atoms with Gasteiger partial charge in [-0.1, -0.05) is 38.5 Å². The van der Waals surface area contributed by atoms with Crippen molar-refractivity contribution in [2.75, 3.05) is 19.6 Å². The highest BCUT2D eigenvalue weighted by Crippen LogP contribution is 2.28. The number of piperidine rings is 1. The Bertz CT molecular complexity index is 588. The molecule has 3 rings (SSSR count). The fourth-order valence-corrected chi connectivity index (χ4v) is 5.45. The van der Waals surface area contributed by atoms with Crippen molar-refractivity contribution in [2.45, 2.75) is 103 Å². The average molecular weight is 435 g/mol. The van der Waals surface area contributed by atoms with Gasteiger partial charge in [0, 0.05) is 25.9 Å². The number of carbonyl (C=O) groups is 3. The van der Waals surface area contributed by atoms with Crippen LogP contribution in [0.3, 0.4) is 0 Å². The summed E-state index contributed by atoms with van der Waals surface area (Å²) in [6.07, 6.45) is 14.5. The second-order valence-corrected chi connectivity index (χ2v) is 10.1. The number of rotatable bonds is 8. The molecule has 0 spiro atoms. The largest absolute Gasteiger partial charge is 0.461 e. The van der Waals surface area contributed by atoms with E-state index < -0.39 is 0 Å². The maximum Gasteiger partial charge on any atom is 0.309 e. The van der Waals surface area contributed by atoms with E-state index in [1.807, 2.05) is 11.8 Å². The second-order valence-electron chi connectivity index (χ2n) is 10.1. The van der Waals surface area contributed by atoms with Crippen molar-refractivity contribution in [1.82, 2.24) is 10.2 Å². The van der Waals surface area contributed by atoms with E-state index in [1.54, 1.807) is 0 Å². The first-order chi connectivity index (χ1) is 15.0. The number of hydrogen-bond acceptors (Lipinski definition) is 4. The quantitative estimate of drug-likeness (QED) is 0.581. The molecule has 3 fully saturated rings. The first-order valence-corrected chi connectivity index (χ1v) is 12.8. The third-order valence-corrected chi connectivity index (χ3v) is 7.47. The van der Waals surface area contributed by atoms with Gasteiger partial charge in [-0.2, -0.15) is 0 Å². The van der Waals surface area contributed by atoms with Gasteiger partial charge < -0.3 is 15.0 Å². The fourth-order valence-electron chi connectivity index (χ4n) is 5.45. The molecule has 0 bridgehead atoms. The Morgan fingerprint density at radius 2 is 1.39 bits per heavy atom. The van der Waals surface area contributed by atoms with E-state index in [9.17, 15) is 14.4 Å². The minimum Gasteiger partial charge on any atom is -0.461 e. The topological polar surface area (TPSA) is 75.7 Å². The molecule has 6 nitrogen and oxygen atoms in total. The molecule has 1 heterocycles. The number of nitrogens with one attached hydrogen (secondary N) is 1. The average Bonchev–Trinajstić information content (AvgIpc) is 2.79. The van der Waals surface area contributed by atoms with Gasteiger partial charge in [-0.15, -0.1) is 0 Å². The zero-order chi connectivity index (χ0) is 22.1. The monoisotopic (exact) mass is 434 g/mol. The summed E-state index contributed by atoms with van der Waals surface area (Å²) in [5.41, 5.74) is 0. The molecule has 0 aromatic heterocycles. The number of esters is 1. The van der Waals surface area contributed by atoms with Crippen molar-refractivity contribution in [2.24, 2.45) is 17.8 Å². The van der Waals surface area contributed by atoms with Crippen LogP contribution >= 0.6 is 0 Å². The molecule has 2 aliphatic carbocycles. The van der Waals surface area contributed by atoms with Crippen molar-refractivity contribution in [3.63, 3.8) is 0 Å². The van der Waals surface area contributed by atoms with Crippen LogP contribution in [0, 0.1) is 17.8 Å². The molecule has 6 heteroatoms. The van der Waals surface area contributed by atoms with Gasteiger partial charge in [-0.25, -0.2) is 0 Å². The molecule has 2 amide bonds. The molecular formula is C25H42N2O4. The predicted octanol–water partition coefficient (Wildman–Crippen LogP) is 4.21. The number of carbonyl (C=O) groups excluding carboxylic acids is 3. The highest BCUT2D eigenvalue weighted by atomic mass is 16.5. The van der Waals surface area contributed by atoms with Crippen LogP contribution in [0.15, 0.2) is 0 Å². The summed E-state index contributed by atoms with van der Waals surface area (Å²) in [5.74, 6) is 1.07. The second kappa shape index (κ2) is 12.4. The fraction of sp³-hybridized carbons (Fsp3) is 0.880. The number of hydrogen-bond donors (Lipinski definition) is 1. The van der Waals surface area contributed by atoms with E-state index in [0.29, 0.717) is 57.2 Å². The Labute approximate surface area is 187 Å². The standard InChI is InChI=1S/C25H42N2O4/c1-19(18-26-23(28)16-20-8-4-2-5-9-20)31-25(30)22-12-14-27(15-13-22)24(29)17-21-10-6-3-7-11-21/h19-22H,2-18H2,1H3,(H,26,28)/t19-/m0/s1. The zero-order valence-corrected chi connectivity index (χ0v) is 19.4. The van der Waals surface area contributed by atoms with Crippen molar-refractivity contribution < 1.29 is 19.1 Å². The van der Waals surface area contributed by atoms with Gasteiger partial charge >= 0.3 is 5.97 Å². The highest BCUT2D eigenvalue weighted by molar-refractivity contribution is 5.78. The van der Waals surface area contributed by atoms with Gasteiger partial charge in [0.05, 0.1) is 12.5 Å². The molecule has 176 valence electrons. The summed E-state index contributed by atoms with van der Waals surface area (Å²) >= 11 is 0. The molecule has 0 aromatic rings. The minimum atomic E-state index is -0.325. The Morgan fingerprint density at radius 3 is 1.97 bits per heavy atom. The van der Waals surface area contributed by atoms with Gasteiger partial charge in [0.25, 0.3) is 0 Å². The van der Waals surface area contributed by atoms with E-state index >= 15 is 0 Å². The van der Waals surface area contributed by atoms with Gasteiger partial charge in [0.15, 0.2) is 0 Å². The molecule has 1 aliphatic heterocycles. The van der Waals surface area contributed by atoms with Crippen LogP contribution in [0.2, 0.25) is 0 Å². The predicted molar refractivity (Wildman–Crippen MR) is 120 cm³/mol. The summed E-state index contributed by atoms with van der Waals surface area (Å²) in [4.78, 5) is 39.2. The van der Waals surface area contributed by atoms with Crippen molar-refractivity contribution in [3.05, 3.63) is 0 Å². The zero-order valence-electron chi connectivity index (χ0n) is 19.4. The lowest BCUT2D eigenvalue weighted by molar-refractivity contribution is -0.156. The lowest BCUT2D eigenvalue weighted by Crippen LogP contribution is -2.42. The Hall–Kier alpha value is -1.59. The molecule has 1 atom stereocenters. The van der Waals surface area contributed by atoms with Crippen LogP contribution in [0.25, 0.3) is 0 Å². The lowest BCUT2D eigenvalue weighted by Gasteiger charge is -2.33. The van der Waals surface area contributed by atoms with Crippen LogP contribution in [0.4, 0.5) is 0 Å². The summed E-state index contributed by atoms with van der Waals surface area (Å²) in [6, 6.07) is 0. The molecule has 1 saturated heterocycles. The Balaban J connectivity index is 1.29. The molecule has 31 heavy (non-hydrogen) atoms. The lowest BCUT2D eigenvalue weighted by atomic mass is 9.86. The third kappa shape index (κ3) is 8.12. The van der Waals surface area contributed by atoms with Crippen LogP contribution in [0.1, 0.15) is 96.8 Å². The van der Waals surface area contributed by atoms with Gasteiger partial charge in [0.1, 0.15) is 6.10 Å². The van der Waals surface area contributed by atoms with Crippen LogP contribution in [0.5, 0.6) is 0 Å². The van der Waals surface area contributed by atoms with Crippen molar-refractivity contribution in [1.29, 1.82) is 0 Å². The maximum absolute atomic E-state index is 12.6. The van der Waals surface area contributed by atoms with Crippen LogP contribution in [-0.4, -0.2) is 48.4 Å². The molecular weight excluding hydrogens is 392 g/mol. The van der Waals surface area contributed by atoms with E-state index in [-0.39, 0.29) is 29.8 Å². The summed E-state index contributed by atoms with van der Waals surface area (Å²) in [6.45, 7) is 3.51. The molecule has 0 aromatic carbocycles. The first kappa shape index (κ1) is 24.1. The molecule has 1 N–H and O–H groups in total. The van der Waals surface area contributed by atoms with E-state index in [1.165, 1.54) is 51.4 Å². The Morgan fingerprint density at radius 1 is 0.839 bits per heavy atom. The highest BCUT2D eigenvalue weighted by Gasteiger charge is 2.30. The third-order valence-electron chi connectivity index (χ3n) is 7.47. The number of amides is 2. The number of likely N-dealkylation sites (tertiary alicyclic amines) is 1. The minimum absolute atomic E-state index is 0.0691. The van der Waals surface area contributed by atoms with Crippen LogP contribution < -0.4 is 5.32 Å². The Kier molecular flexibility index (Phi) is 9.66. The van der Waals surface area contributed by atoms with Crippen LogP contribution in [-0.2, 0) is 19.1 Å². The summed E-state index contributed by atoms with van der Waals surface area (Å²) in [7, 11) is 0. The molecule has 2 saturated carbocycles. The summed E-state index contributed by atoms with van der Waals surface area (Å²) in [5, 5.41) is 2.93. The maximum atomic E-state index is 12.6. The van der Waals surface area contributed by atoms with E-state index in [4.69, 9.17) is 4.74 Å². The summed E-state index contributed by atoms with van der Waals surface area (Å²) < 4.78 is 5.59. The number of ether oxygens (including phenoxy) is 1. The van der Waals surface area contributed by atoms with E-state index in [0.717, 1.165) is 12.8 Å². The molecule has 0 radical (unpaired) electrons. The smallest absolute Gasteiger partial charge is 0.309 e. The van der Waals surface area contributed by atoms with Crippen molar-refractivity contribution in [3.8, 4) is 0 Å². The molecule has 0 unspecified atom stereocenters. The normalized spacial score (nSPS) is 22.7. The first-order valence-electron chi connectivity index (χ1n) is 12.8. The van der Waals surface area contributed by atoms with Crippen molar-refractivity contribution >= 4 is 17.8 Å². The van der Waals surface area contributed by atoms with Gasteiger partial charge in [0.2, 0.25) is 11.8 Å². The number of nitrogens with zero attached hydrogens (tertiary/aromatic N) is 1.